The second kappa shape index (κ2) is 24.4. The van der Waals surface area contributed by atoms with Gasteiger partial charge in [-0.3, -0.25) is 19.2 Å². The van der Waals surface area contributed by atoms with Gasteiger partial charge in [0.05, 0.1) is 13.1 Å². The highest BCUT2D eigenvalue weighted by Crippen LogP contribution is 2.11. The van der Waals surface area contributed by atoms with Gasteiger partial charge in [0.25, 0.3) is 0 Å². The highest BCUT2D eigenvalue weighted by Gasteiger charge is 2.24. The van der Waals surface area contributed by atoms with Gasteiger partial charge in [0.1, 0.15) is 30.9 Å². The molecule has 6 N–H and O–H groups in total. The molecule has 0 aliphatic carbocycles. The number of carbonyl (C=O) groups is 7. The van der Waals surface area contributed by atoms with E-state index in [4.69, 9.17) is 14.2 Å². The second-order valence-corrected chi connectivity index (χ2v) is 14.1. The number of amides is 7. The lowest BCUT2D eigenvalue weighted by molar-refractivity contribution is -0.127. The first-order valence-corrected chi connectivity index (χ1v) is 18.9. The molecule has 0 fully saturated rings. The molecule has 0 saturated carbocycles. The summed E-state index contributed by atoms with van der Waals surface area (Å²) < 4.78 is 16.1. The van der Waals surface area contributed by atoms with Gasteiger partial charge in [-0.25, -0.2) is 14.4 Å². The van der Waals surface area contributed by atoms with Gasteiger partial charge in [-0.05, 0) is 64.0 Å². The standard InChI is InChI=1S/C40H55N7O10/c1-40(2,3)57-39(54)47-23-13-12-21-41-33(48)25-43-35(50)31(45-37(52)55-27-29-15-6-4-7-16-29)19-10-11-20-32(36(51)44-26-34(49)42-22-14-24-47)46-38(53)56-28-30-17-8-5-9-18-30/h4-11,15-18,31-32H,12-14,19-28H2,1-3H3,(H,41,48)(H,42,49)(H,43,50)(H,44,51)(H,45,52)(H,46,53)/b11-10+/t31-,32-/m0/s1. The van der Waals surface area contributed by atoms with Gasteiger partial charge >= 0.3 is 18.3 Å². The van der Waals surface area contributed by atoms with Crippen LogP contribution in [0.15, 0.2) is 72.8 Å². The summed E-state index contributed by atoms with van der Waals surface area (Å²) in [5.41, 5.74) is 0.739. The van der Waals surface area contributed by atoms with E-state index in [2.05, 4.69) is 31.9 Å². The van der Waals surface area contributed by atoms with Gasteiger partial charge in [0.2, 0.25) is 23.6 Å². The molecule has 3 rings (SSSR count). The summed E-state index contributed by atoms with van der Waals surface area (Å²) in [5.74, 6) is -2.30. The Bertz CT molecular complexity index is 1650. The van der Waals surface area contributed by atoms with E-state index in [1.165, 1.54) is 17.1 Å². The molecule has 1 aliphatic heterocycles. The second-order valence-electron chi connectivity index (χ2n) is 14.1. The molecule has 310 valence electrons. The van der Waals surface area contributed by atoms with Crippen LogP contribution in [0, 0.1) is 0 Å². The van der Waals surface area contributed by atoms with Crippen molar-refractivity contribution in [2.45, 2.75) is 83.8 Å². The van der Waals surface area contributed by atoms with Crippen molar-refractivity contribution in [1.29, 1.82) is 0 Å². The third-order valence-corrected chi connectivity index (χ3v) is 8.15. The fourth-order valence-corrected chi connectivity index (χ4v) is 5.22. The maximum atomic E-state index is 13.3. The van der Waals surface area contributed by atoms with Crippen molar-refractivity contribution in [2.24, 2.45) is 0 Å². The van der Waals surface area contributed by atoms with Gasteiger partial charge in [0.15, 0.2) is 0 Å². The van der Waals surface area contributed by atoms with Crippen LogP contribution in [0.4, 0.5) is 14.4 Å². The van der Waals surface area contributed by atoms with E-state index >= 15 is 0 Å². The maximum absolute atomic E-state index is 13.3. The molecule has 7 amide bonds. The van der Waals surface area contributed by atoms with Crippen LogP contribution < -0.4 is 31.9 Å². The zero-order valence-corrected chi connectivity index (χ0v) is 32.8. The van der Waals surface area contributed by atoms with Gasteiger partial charge in [-0.2, -0.15) is 0 Å². The minimum absolute atomic E-state index is 0.0460. The van der Waals surface area contributed by atoms with Crippen LogP contribution in [0.3, 0.4) is 0 Å². The van der Waals surface area contributed by atoms with E-state index in [0.29, 0.717) is 25.8 Å². The van der Waals surface area contributed by atoms with Crippen molar-refractivity contribution in [3.63, 3.8) is 0 Å². The first-order valence-electron chi connectivity index (χ1n) is 18.9. The SMILES string of the molecule is CC(C)(C)OC(=O)N1CCCCNC(=O)CNC(=O)[C@@H](NC(=O)OCc2ccccc2)C/C=C/C[C@H](NC(=O)OCc2ccccc2)C(=O)NCC(=O)NCCC1. The summed E-state index contributed by atoms with van der Waals surface area (Å²) in [6.07, 6.45) is 2.10. The van der Waals surface area contributed by atoms with E-state index < -0.39 is 66.1 Å². The summed E-state index contributed by atoms with van der Waals surface area (Å²) in [6, 6.07) is 15.5. The van der Waals surface area contributed by atoms with Crippen LogP contribution in [-0.2, 0) is 46.6 Å². The number of nitrogens with one attached hydrogen (secondary N) is 6. The molecular formula is C40H55N7O10. The number of benzene rings is 2. The number of carbonyl (C=O) groups excluding carboxylic acids is 7. The van der Waals surface area contributed by atoms with Crippen LogP contribution in [-0.4, -0.2) is 104 Å². The summed E-state index contributed by atoms with van der Waals surface area (Å²) in [5, 5.41) is 15.5. The number of hydrogen-bond acceptors (Lipinski definition) is 10. The topological polar surface area (TPSA) is 223 Å². The third kappa shape index (κ3) is 19.3. The fraction of sp³-hybridized carbons (Fsp3) is 0.475. The van der Waals surface area contributed by atoms with Crippen molar-refractivity contribution in [3.05, 3.63) is 83.9 Å². The molecule has 2 aromatic carbocycles. The van der Waals surface area contributed by atoms with Crippen LogP contribution in [0.25, 0.3) is 0 Å². The number of nitrogens with zero attached hydrogens (tertiary/aromatic N) is 1. The Balaban J connectivity index is 1.74. The summed E-state index contributed by atoms with van der Waals surface area (Å²) in [7, 11) is 0. The van der Waals surface area contributed by atoms with Gasteiger partial charge in [-0.15, -0.1) is 0 Å². The van der Waals surface area contributed by atoms with Crippen LogP contribution >= 0.6 is 0 Å². The molecule has 0 bridgehead atoms. The van der Waals surface area contributed by atoms with Crippen molar-refractivity contribution in [3.8, 4) is 0 Å². The molecule has 17 heteroatoms. The van der Waals surface area contributed by atoms with Crippen LogP contribution in [0.1, 0.15) is 64.0 Å². The predicted molar refractivity (Wildman–Crippen MR) is 209 cm³/mol. The van der Waals surface area contributed by atoms with Gasteiger partial charge in [0, 0.05) is 26.2 Å². The summed E-state index contributed by atoms with van der Waals surface area (Å²) in [4.78, 5) is 91.7. The average molecular weight is 794 g/mol. The number of hydrogen-bond donors (Lipinski definition) is 6. The summed E-state index contributed by atoms with van der Waals surface area (Å²) >= 11 is 0. The number of alkyl carbamates (subject to hydrolysis) is 2. The Morgan fingerprint density at radius 1 is 0.649 bits per heavy atom. The van der Waals surface area contributed by atoms with Gasteiger partial charge < -0.3 is 51.0 Å². The first-order chi connectivity index (χ1) is 27.3. The minimum atomic E-state index is -1.19. The van der Waals surface area contributed by atoms with E-state index in [0.717, 1.165) is 11.1 Å². The first kappa shape index (κ1) is 45.3. The zero-order chi connectivity index (χ0) is 41.5. The quantitative estimate of drug-likeness (QED) is 0.185. The smallest absolute Gasteiger partial charge is 0.410 e. The Morgan fingerprint density at radius 3 is 1.54 bits per heavy atom. The molecule has 0 radical (unpaired) electrons. The van der Waals surface area contributed by atoms with E-state index in [-0.39, 0.29) is 52.2 Å². The summed E-state index contributed by atoms with van der Waals surface area (Å²) in [6.45, 7) is 5.52. The largest absolute Gasteiger partial charge is 0.445 e. The molecule has 1 aliphatic rings. The molecule has 0 unspecified atom stereocenters. The molecule has 17 nitrogen and oxygen atoms in total. The molecule has 0 aromatic heterocycles. The molecule has 0 saturated heterocycles. The minimum Gasteiger partial charge on any atom is -0.445 e. The van der Waals surface area contributed by atoms with Crippen molar-refractivity contribution < 1.29 is 47.8 Å². The monoisotopic (exact) mass is 793 g/mol. The Hall–Kier alpha value is -6.13. The normalized spacial score (nSPS) is 19.2. The Kier molecular flexibility index (Phi) is 19.4. The number of ether oxygens (including phenoxy) is 3. The Labute approximate surface area is 333 Å². The van der Waals surface area contributed by atoms with Crippen LogP contribution in [0.5, 0.6) is 0 Å². The lowest BCUT2D eigenvalue weighted by Crippen LogP contribution is -2.49. The fourth-order valence-electron chi connectivity index (χ4n) is 5.22. The lowest BCUT2D eigenvalue weighted by Gasteiger charge is -2.27. The van der Waals surface area contributed by atoms with E-state index in [1.54, 1.807) is 69.3 Å². The third-order valence-electron chi connectivity index (χ3n) is 8.15. The average Bonchev–Trinajstić information content (AvgIpc) is 3.18. The zero-order valence-electron chi connectivity index (χ0n) is 32.8. The molecule has 2 aromatic rings. The Morgan fingerprint density at radius 2 is 1.09 bits per heavy atom. The van der Waals surface area contributed by atoms with Gasteiger partial charge in [-0.1, -0.05) is 72.8 Å². The van der Waals surface area contributed by atoms with Crippen molar-refractivity contribution in [1.82, 2.24) is 36.8 Å². The van der Waals surface area contributed by atoms with Crippen molar-refractivity contribution in [2.75, 3.05) is 39.3 Å². The van der Waals surface area contributed by atoms with E-state index in [9.17, 15) is 33.6 Å². The molecule has 57 heavy (non-hydrogen) atoms. The van der Waals surface area contributed by atoms with Crippen molar-refractivity contribution >= 4 is 41.9 Å². The highest BCUT2D eigenvalue weighted by atomic mass is 16.6. The highest BCUT2D eigenvalue weighted by molar-refractivity contribution is 5.90. The molecular weight excluding hydrogens is 738 g/mol. The molecule has 1 heterocycles. The predicted octanol–water partition coefficient (Wildman–Crippen LogP) is 2.80. The van der Waals surface area contributed by atoms with E-state index in [1.807, 2.05) is 12.1 Å². The van der Waals surface area contributed by atoms with Crippen LogP contribution in [0.2, 0.25) is 0 Å². The lowest BCUT2D eigenvalue weighted by atomic mass is 10.1. The maximum Gasteiger partial charge on any atom is 0.410 e. The molecule has 2 atom stereocenters. The number of rotatable bonds is 6. The molecule has 0 spiro atoms.